The summed E-state index contributed by atoms with van der Waals surface area (Å²) in [5.41, 5.74) is 2.17. The molecule has 0 saturated carbocycles. The predicted molar refractivity (Wildman–Crippen MR) is 145 cm³/mol. The number of hydrogen-bond acceptors (Lipinski definition) is 8. The minimum absolute atomic E-state index is 0.0982. The van der Waals surface area contributed by atoms with Crippen LogP contribution >= 0.6 is 0 Å². The van der Waals surface area contributed by atoms with Crippen molar-refractivity contribution in [1.29, 1.82) is 0 Å². The summed E-state index contributed by atoms with van der Waals surface area (Å²) in [6, 6.07) is 10.8. The fourth-order valence-electron chi connectivity index (χ4n) is 4.38. The van der Waals surface area contributed by atoms with Crippen LogP contribution in [0.25, 0.3) is 11.3 Å². The first-order valence-corrected chi connectivity index (χ1v) is 12.7. The number of piperazine rings is 1. The fourth-order valence-corrected chi connectivity index (χ4v) is 4.38. The standard InChI is InChI=1S/C28H27F3N8O/c1-18-25(38-27-34-8-6-24(37-27)20-3-2-7-33-15-20)14-22(16-35-18)36-26(40)19-4-5-21(23(13-19)28(29,30)31)17-39-11-9-32-10-12-39/h2-8,13-16,32H,9-12,17H2,1H3,(H,36,40)(H,34,37,38). The first-order chi connectivity index (χ1) is 19.3. The van der Waals surface area contributed by atoms with Gasteiger partial charge in [0.05, 0.1) is 34.5 Å². The first kappa shape index (κ1) is 27.2. The van der Waals surface area contributed by atoms with Crippen molar-refractivity contribution in [2.24, 2.45) is 0 Å². The van der Waals surface area contributed by atoms with Crippen molar-refractivity contribution >= 4 is 23.2 Å². The van der Waals surface area contributed by atoms with Gasteiger partial charge in [-0.05, 0) is 48.9 Å². The molecule has 4 heterocycles. The Kier molecular flexibility index (Phi) is 7.99. The number of hydrogen-bond donors (Lipinski definition) is 3. The van der Waals surface area contributed by atoms with Gasteiger partial charge in [0.15, 0.2) is 0 Å². The van der Waals surface area contributed by atoms with E-state index >= 15 is 0 Å². The molecular formula is C28H27F3N8O. The Hall–Kier alpha value is -4.42. The summed E-state index contributed by atoms with van der Waals surface area (Å²) < 4.78 is 41.8. The second-order valence-corrected chi connectivity index (χ2v) is 9.34. The Bertz CT molecular complexity index is 1490. The largest absolute Gasteiger partial charge is 0.416 e. The number of rotatable bonds is 7. The van der Waals surface area contributed by atoms with Crippen molar-refractivity contribution in [2.45, 2.75) is 19.6 Å². The quantitative estimate of drug-likeness (QED) is 0.306. The average Bonchev–Trinajstić information content (AvgIpc) is 2.95. The number of carbonyl (C=O) groups is 1. The van der Waals surface area contributed by atoms with Crippen LogP contribution in [0.4, 0.5) is 30.5 Å². The lowest BCUT2D eigenvalue weighted by atomic mass is 10.0. The highest BCUT2D eigenvalue weighted by molar-refractivity contribution is 6.04. The van der Waals surface area contributed by atoms with E-state index in [1.807, 2.05) is 17.0 Å². The molecule has 9 nitrogen and oxygen atoms in total. The molecule has 206 valence electrons. The monoisotopic (exact) mass is 548 g/mol. The molecule has 3 N–H and O–H groups in total. The second kappa shape index (κ2) is 11.8. The van der Waals surface area contributed by atoms with Gasteiger partial charge in [-0.3, -0.25) is 19.7 Å². The van der Waals surface area contributed by atoms with Crippen LogP contribution in [0.3, 0.4) is 0 Å². The molecule has 0 bridgehead atoms. The SMILES string of the molecule is Cc1ncc(NC(=O)c2ccc(CN3CCNCC3)c(C(F)(F)F)c2)cc1Nc1nccc(-c2cccnc2)n1. The fraction of sp³-hybridized carbons (Fsp3) is 0.250. The Morgan fingerprint density at radius 3 is 2.62 bits per heavy atom. The molecule has 0 spiro atoms. The van der Waals surface area contributed by atoms with Crippen LogP contribution in [0.1, 0.15) is 27.2 Å². The smallest absolute Gasteiger partial charge is 0.322 e. The zero-order valence-electron chi connectivity index (χ0n) is 21.7. The third-order valence-corrected chi connectivity index (χ3v) is 6.49. The minimum atomic E-state index is -4.59. The van der Waals surface area contributed by atoms with E-state index in [9.17, 15) is 18.0 Å². The predicted octanol–water partition coefficient (Wildman–Crippen LogP) is 4.66. The van der Waals surface area contributed by atoms with Gasteiger partial charge in [0, 0.05) is 62.4 Å². The number of nitrogens with one attached hydrogen (secondary N) is 3. The van der Waals surface area contributed by atoms with Gasteiger partial charge in [-0.15, -0.1) is 0 Å². The van der Waals surface area contributed by atoms with Crippen LogP contribution < -0.4 is 16.0 Å². The number of benzene rings is 1. The van der Waals surface area contributed by atoms with Crippen LogP contribution in [-0.4, -0.2) is 56.9 Å². The third kappa shape index (κ3) is 6.58. The number of amides is 1. The summed E-state index contributed by atoms with van der Waals surface area (Å²) in [5, 5.41) is 8.94. The lowest BCUT2D eigenvalue weighted by Gasteiger charge is -2.28. The Balaban J connectivity index is 1.33. The molecule has 3 aromatic heterocycles. The van der Waals surface area contributed by atoms with E-state index in [1.165, 1.54) is 18.3 Å². The summed E-state index contributed by atoms with van der Waals surface area (Å²) in [7, 11) is 0. The highest BCUT2D eigenvalue weighted by Gasteiger charge is 2.34. The average molecular weight is 549 g/mol. The van der Waals surface area contributed by atoms with Crippen LogP contribution in [-0.2, 0) is 12.7 Å². The number of aromatic nitrogens is 4. The molecule has 1 saturated heterocycles. The van der Waals surface area contributed by atoms with Gasteiger partial charge in [-0.25, -0.2) is 9.97 Å². The third-order valence-electron chi connectivity index (χ3n) is 6.49. The van der Waals surface area contributed by atoms with Gasteiger partial charge in [0.2, 0.25) is 5.95 Å². The highest BCUT2D eigenvalue weighted by atomic mass is 19.4. The van der Waals surface area contributed by atoms with E-state index in [2.05, 4.69) is 35.9 Å². The molecule has 0 atom stereocenters. The number of anilines is 3. The molecule has 0 unspecified atom stereocenters. The summed E-state index contributed by atoms with van der Waals surface area (Å²) in [4.78, 5) is 32.1. The van der Waals surface area contributed by atoms with Crippen molar-refractivity contribution in [2.75, 3.05) is 36.8 Å². The van der Waals surface area contributed by atoms with Crippen molar-refractivity contribution in [3.05, 3.63) is 89.6 Å². The van der Waals surface area contributed by atoms with Gasteiger partial charge in [0.1, 0.15) is 0 Å². The molecule has 0 aliphatic carbocycles. The Morgan fingerprint density at radius 1 is 1.05 bits per heavy atom. The second-order valence-electron chi connectivity index (χ2n) is 9.34. The van der Waals surface area contributed by atoms with Crippen molar-refractivity contribution in [3.63, 3.8) is 0 Å². The molecular weight excluding hydrogens is 521 g/mol. The summed E-state index contributed by atoms with van der Waals surface area (Å²) in [5.74, 6) is -0.365. The zero-order valence-corrected chi connectivity index (χ0v) is 21.7. The zero-order chi connectivity index (χ0) is 28.1. The maximum atomic E-state index is 13.9. The van der Waals surface area contributed by atoms with Crippen molar-refractivity contribution in [3.8, 4) is 11.3 Å². The highest BCUT2D eigenvalue weighted by Crippen LogP contribution is 2.34. The van der Waals surface area contributed by atoms with E-state index in [0.717, 1.165) is 24.7 Å². The van der Waals surface area contributed by atoms with E-state index in [4.69, 9.17) is 0 Å². The molecule has 4 aromatic rings. The molecule has 1 fully saturated rings. The van der Waals surface area contributed by atoms with E-state index in [0.29, 0.717) is 41.8 Å². The molecule has 1 aliphatic rings. The van der Waals surface area contributed by atoms with Crippen LogP contribution in [0.2, 0.25) is 0 Å². The van der Waals surface area contributed by atoms with E-state index in [1.54, 1.807) is 37.6 Å². The topological polar surface area (TPSA) is 108 Å². The molecule has 1 amide bonds. The van der Waals surface area contributed by atoms with E-state index in [-0.39, 0.29) is 17.7 Å². The molecule has 1 aliphatic heterocycles. The Labute approximate surface area is 228 Å². The molecule has 0 radical (unpaired) electrons. The van der Waals surface area contributed by atoms with Crippen LogP contribution in [0.15, 0.2) is 67.3 Å². The number of halogens is 3. The molecule has 12 heteroatoms. The molecule has 1 aromatic carbocycles. The number of aryl methyl sites for hydroxylation is 1. The van der Waals surface area contributed by atoms with Gasteiger partial charge in [0.25, 0.3) is 5.91 Å². The maximum Gasteiger partial charge on any atom is 0.416 e. The number of nitrogens with zero attached hydrogens (tertiary/aromatic N) is 5. The van der Waals surface area contributed by atoms with Crippen molar-refractivity contribution < 1.29 is 18.0 Å². The lowest BCUT2D eigenvalue weighted by Crippen LogP contribution is -2.43. The normalized spacial score (nSPS) is 14.1. The maximum absolute atomic E-state index is 13.9. The number of alkyl halides is 3. The summed E-state index contributed by atoms with van der Waals surface area (Å²) >= 11 is 0. The summed E-state index contributed by atoms with van der Waals surface area (Å²) in [6.07, 6.45) is 1.82. The summed E-state index contributed by atoms with van der Waals surface area (Å²) in [6.45, 7) is 4.71. The van der Waals surface area contributed by atoms with E-state index < -0.39 is 17.6 Å². The van der Waals surface area contributed by atoms with Gasteiger partial charge >= 0.3 is 6.18 Å². The van der Waals surface area contributed by atoms with Gasteiger partial charge in [-0.2, -0.15) is 13.2 Å². The molecule has 5 rings (SSSR count). The minimum Gasteiger partial charge on any atom is -0.322 e. The number of pyridine rings is 2. The van der Waals surface area contributed by atoms with Crippen LogP contribution in [0.5, 0.6) is 0 Å². The Morgan fingerprint density at radius 2 is 1.88 bits per heavy atom. The molecule has 40 heavy (non-hydrogen) atoms. The first-order valence-electron chi connectivity index (χ1n) is 12.7. The van der Waals surface area contributed by atoms with Crippen molar-refractivity contribution in [1.82, 2.24) is 30.2 Å². The number of carbonyl (C=O) groups excluding carboxylic acids is 1. The lowest BCUT2D eigenvalue weighted by molar-refractivity contribution is -0.138. The van der Waals surface area contributed by atoms with Crippen LogP contribution in [0, 0.1) is 6.92 Å². The van der Waals surface area contributed by atoms with Gasteiger partial charge < -0.3 is 16.0 Å². The van der Waals surface area contributed by atoms with Gasteiger partial charge in [-0.1, -0.05) is 6.07 Å².